The van der Waals surface area contributed by atoms with Crippen LogP contribution in [0.3, 0.4) is 0 Å². The van der Waals surface area contributed by atoms with Crippen molar-refractivity contribution in [3.63, 3.8) is 0 Å². The first-order valence-electron chi connectivity index (χ1n) is 5.20. The van der Waals surface area contributed by atoms with Crippen molar-refractivity contribution in [3.05, 3.63) is 23.7 Å². The number of amides is 2. The predicted octanol–water partition coefficient (Wildman–Crippen LogP) is -0.107. The highest BCUT2D eigenvalue weighted by Gasteiger charge is 2.30. The second kappa shape index (κ2) is 4.40. The first kappa shape index (κ1) is 11.4. The van der Waals surface area contributed by atoms with Crippen LogP contribution in [0, 0.1) is 0 Å². The zero-order valence-corrected chi connectivity index (χ0v) is 9.38. The summed E-state index contributed by atoms with van der Waals surface area (Å²) < 4.78 is 5.16. The lowest BCUT2D eigenvalue weighted by atomic mass is 10.3. The molecule has 0 spiro atoms. The maximum absolute atomic E-state index is 11.6. The van der Waals surface area contributed by atoms with Crippen LogP contribution in [0.2, 0.25) is 0 Å². The summed E-state index contributed by atoms with van der Waals surface area (Å²) in [6.07, 6.45) is 0.598. The smallest absolute Gasteiger partial charge is 0.312 e. The van der Waals surface area contributed by atoms with Gasteiger partial charge >= 0.3 is 11.8 Å². The highest BCUT2D eigenvalue weighted by Crippen LogP contribution is 2.12. The maximum atomic E-state index is 11.6. The van der Waals surface area contributed by atoms with Gasteiger partial charge in [-0.1, -0.05) is 0 Å². The van der Waals surface area contributed by atoms with Crippen LogP contribution in [0.15, 0.2) is 16.5 Å². The van der Waals surface area contributed by atoms with E-state index in [1.165, 1.54) is 15.9 Å². The number of piperazine rings is 1. The van der Waals surface area contributed by atoms with Gasteiger partial charge in [0.1, 0.15) is 5.76 Å². The number of nitrogens with zero attached hydrogens (tertiary/aromatic N) is 2. The molecule has 2 heterocycles. The fourth-order valence-corrected chi connectivity index (χ4v) is 1.65. The largest absolute Gasteiger partial charge is 0.456 e. The summed E-state index contributed by atoms with van der Waals surface area (Å²) in [6, 6.07) is 3.16. The van der Waals surface area contributed by atoms with E-state index in [0.29, 0.717) is 25.1 Å². The zero-order chi connectivity index (χ0) is 12.4. The normalized spacial score (nSPS) is 16.5. The molecule has 0 N–H and O–H groups in total. The standard InChI is InChI=1S/C11H12N2O4/c1-12-4-5-13(11(16)10(12)15)6-8-2-3-9(7-14)17-8/h2-3,7H,4-6H2,1H3. The van der Waals surface area contributed by atoms with Gasteiger partial charge in [-0.25, -0.2) is 0 Å². The van der Waals surface area contributed by atoms with Crippen LogP contribution in [-0.2, 0) is 16.1 Å². The topological polar surface area (TPSA) is 70.8 Å². The number of hydrogen-bond donors (Lipinski definition) is 0. The number of hydrogen-bond acceptors (Lipinski definition) is 4. The third-order valence-electron chi connectivity index (χ3n) is 2.67. The number of carbonyl (C=O) groups is 3. The molecule has 1 fully saturated rings. The van der Waals surface area contributed by atoms with E-state index in [4.69, 9.17) is 4.42 Å². The Bertz CT molecular complexity index is 466. The maximum Gasteiger partial charge on any atom is 0.312 e. The Balaban J connectivity index is 2.06. The lowest BCUT2D eigenvalue weighted by Crippen LogP contribution is -2.52. The summed E-state index contributed by atoms with van der Waals surface area (Å²) in [4.78, 5) is 36.3. The molecule has 2 amide bonds. The predicted molar refractivity (Wildman–Crippen MR) is 57.1 cm³/mol. The molecule has 1 aliphatic rings. The average Bonchev–Trinajstić information content (AvgIpc) is 2.78. The van der Waals surface area contributed by atoms with E-state index in [1.807, 2.05) is 0 Å². The monoisotopic (exact) mass is 236 g/mol. The van der Waals surface area contributed by atoms with Crippen LogP contribution < -0.4 is 0 Å². The van der Waals surface area contributed by atoms with E-state index in [0.717, 1.165) is 0 Å². The van der Waals surface area contributed by atoms with Crippen molar-refractivity contribution in [1.82, 2.24) is 9.80 Å². The van der Waals surface area contributed by atoms with Gasteiger partial charge in [-0.3, -0.25) is 14.4 Å². The van der Waals surface area contributed by atoms with Crippen molar-refractivity contribution in [2.75, 3.05) is 20.1 Å². The van der Waals surface area contributed by atoms with Crippen molar-refractivity contribution < 1.29 is 18.8 Å². The van der Waals surface area contributed by atoms with Crippen LogP contribution in [0.25, 0.3) is 0 Å². The van der Waals surface area contributed by atoms with E-state index in [9.17, 15) is 14.4 Å². The summed E-state index contributed by atoms with van der Waals surface area (Å²) >= 11 is 0. The molecule has 1 aromatic heterocycles. The van der Waals surface area contributed by atoms with Crippen molar-refractivity contribution in [3.8, 4) is 0 Å². The summed E-state index contributed by atoms with van der Waals surface area (Å²) in [5.41, 5.74) is 0. The molecular formula is C11H12N2O4. The molecule has 1 aromatic rings. The first-order chi connectivity index (χ1) is 8.11. The molecular weight excluding hydrogens is 224 g/mol. The fourth-order valence-electron chi connectivity index (χ4n) is 1.65. The average molecular weight is 236 g/mol. The van der Waals surface area contributed by atoms with Crippen molar-refractivity contribution in [2.24, 2.45) is 0 Å². The Kier molecular flexibility index (Phi) is 2.95. The molecule has 0 aliphatic carbocycles. The van der Waals surface area contributed by atoms with Gasteiger partial charge in [-0.15, -0.1) is 0 Å². The van der Waals surface area contributed by atoms with Gasteiger partial charge in [0.2, 0.25) is 0 Å². The van der Waals surface area contributed by atoms with Crippen LogP contribution in [-0.4, -0.2) is 48.0 Å². The van der Waals surface area contributed by atoms with Gasteiger partial charge in [0, 0.05) is 20.1 Å². The Morgan fingerprint density at radius 1 is 1.29 bits per heavy atom. The van der Waals surface area contributed by atoms with E-state index < -0.39 is 11.8 Å². The number of aldehydes is 1. The summed E-state index contributed by atoms with van der Waals surface area (Å²) in [5.74, 6) is -0.341. The molecule has 0 unspecified atom stereocenters. The molecule has 0 atom stereocenters. The van der Waals surface area contributed by atoms with Crippen LogP contribution >= 0.6 is 0 Å². The van der Waals surface area contributed by atoms with Gasteiger partial charge in [-0.2, -0.15) is 0 Å². The number of likely N-dealkylation sites (N-methyl/N-ethyl adjacent to an activating group) is 1. The number of rotatable bonds is 3. The number of furan rings is 1. The molecule has 17 heavy (non-hydrogen) atoms. The number of carbonyl (C=O) groups excluding carboxylic acids is 3. The minimum Gasteiger partial charge on any atom is -0.456 e. The van der Waals surface area contributed by atoms with E-state index in [-0.39, 0.29) is 12.3 Å². The zero-order valence-electron chi connectivity index (χ0n) is 9.38. The third-order valence-corrected chi connectivity index (χ3v) is 2.67. The van der Waals surface area contributed by atoms with E-state index >= 15 is 0 Å². The van der Waals surface area contributed by atoms with Crippen molar-refractivity contribution in [1.29, 1.82) is 0 Å². The lowest BCUT2D eigenvalue weighted by molar-refractivity contribution is -0.155. The molecule has 1 saturated heterocycles. The Morgan fingerprint density at radius 2 is 2.06 bits per heavy atom. The molecule has 90 valence electrons. The second-order valence-corrected chi connectivity index (χ2v) is 3.88. The Labute approximate surface area is 97.8 Å². The van der Waals surface area contributed by atoms with E-state index in [2.05, 4.69) is 0 Å². The van der Waals surface area contributed by atoms with Gasteiger partial charge in [-0.05, 0) is 12.1 Å². The highest BCUT2D eigenvalue weighted by molar-refractivity contribution is 6.35. The van der Waals surface area contributed by atoms with Crippen LogP contribution in [0.4, 0.5) is 0 Å². The highest BCUT2D eigenvalue weighted by atomic mass is 16.3. The molecule has 1 aliphatic heterocycles. The fraction of sp³-hybridized carbons (Fsp3) is 0.364. The van der Waals surface area contributed by atoms with Gasteiger partial charge in [0.05, 0.1) is 6.54 Å². The van der Waals surface area contributed by atoms with Crippen LogP contribution in [0.5, 0.6) is 0 Å². The molecule has 0 aromatic carbocycles. The van der Waals surface area contributed by atoms with Crippen molar-refractivity contribution in [2.45, 2.75) is 6.54 Å². The summed E-state index contributed by atoms with van der Waals surface area (Å²) in [5, 5.41) is 0. The third kappa shape index (κ3) is 2.20. The quantitative estimate of drug-likeness (QED) is 0.542. The summed E-state index contributed by atoms with van der Waals surface area (Å²) in [7, 11) is 1.59. The van der Waals surface area contributed by atoms with Gasteiger partial charge in [0.15, 0.2) is 12.0 Å². The molecule has 0 saturated carbocycles. The Hall–Kier alpha value is -2.11. The van der Waals surface area contributed by atoms with Gasteiger partial charge < -0.3 is 14.2 Å². The van der Waals surface area contributed by atoms with E-state index in [1.54, 1.807) is 13.1 Å². The minimum atomic E-state index is -0.539. The second-order valence-electron chi connectivity index (χ2n) is 3.88. The lowest BCUT2D eigenvalue weighted by Gasteiger charge is -2.30. The molecule has 2 rings (SSSR count). The van der Waals surface area contributed by atoms with Gasteiger partial charge in [0.25, 0.3) is 0 Å². The SMILES string of the molecule is CN1CCN(Cc2ccc(C=O)o2)C(=O)C1=O. The minimum absolute atomic E-state index is 0.215. The van der Waals surface area contributed by atoms with Crippen LogP contribution in [0.1, 0.15) is 16.3 Å². The first-order valence-corrected chi connectivity index (χ1v) is 5.20. The molecule has 6 nitrogen and oxygen atoms in total. The molecule has 6 heteroatoms. The summed E-state index contributed by atoms with van der Waals surface area (Å²) in [6.45, 7) is 1.19. The Morgan fingerprint density at radius 3 is 2.71 bits per heavy atom. The molecule has 0 radical (unpaired) electrons. The van der Waals surface area contributed by atoms with Crippen molar-refractivity contribution >= 4 is 18.1 Å². The molecule has 0 bridgehead atoms.